The number of pyridine rings is 2. The summed E-state index contributed by atoms with van der Waals surface area (Å²) in [5.41, 5.74) is 10.8. The molecule has 0 unspecified atom stereocenters. The molecule has 0 saturated carbocycles. The Bertz CT molecular complexity index is 1320. The molecule has 168 valence electrons. The third kappa shape index (κ3) is 3.83. The van der Waals surface area contributed by atoms with Gasteiger partial charge in [-0.05, 0) is 43.5 Å². The van der Waals surface area contributed by atoms with Gasteiger partial charge >= 0.3 is 0 Å². The first-order valence-electron chi connectivity index (χ1n) is 11.4. The highest BCUT2D eigenvalue weighted by molar-refractivity contribution is 5.82. The van der Waals surface area contributed by atoms with Crippen LogP contribution >= 0.6 is 0 Å². The number of fused-ring (bicyclic) bond motifs is 1. The molecule has 0 radical (unpaired) electrons. The van der Waals surface area contributed by atoms with Crippen molar-refractivity contribution in [3.05, 3.63) is 54.2 Å². The van der Waals surface area contributed by atoms with Gasteiger partial charge in [0.1, 0.15) is 11.5 Å². The monoisotopic (exact) mass is 442 g/mol. The molecule has 9 nitrogen and oxygen atoms in total. The molecule has 6 heterocycles. The summed E-state index contributed by atoms with van der Waals surface area (Å²) in [5, 5.41) is 5.61. The maximum absolute atomic E-state index is 6.26. The normalized spacial score (nSPS) is 19.1. The van der Waals surface area contributed by atoms with E-state index in [1.54, 1.807) is 12.4 Å². The number of nitrogens with two attached hydrogens (primary N) is 1. The highest BCUT2D eigenvalue weighted by atomic mass is 16.5. The quantitative estimate of drug-likeness (QED) is 0.514. The summed E-state index contributed by atoms with van der Waals surface area (Å²) in [6.45, 7) is 5.18. The Morgan fingerprint density at radius 3 is 2.67 bits per heavy atom. The molecule has 2 saturated heterocycles. The molecule has 0 aromatic carbocycles. The molecule has 2 fully saturated rings. The maximum atomic E-state index is 6.26. The summed E-state index contributed by atoms with van der Waals surface area (Å²) < 4.78 is 7.36. The predicted octanol–water partition coefficient (Wildman–Crippen LogP) is 2.62. The second-order valence-corrected chi connectivity index (χ2v) is 8.93. The number of aryl methyl sites for hydroxylation is 1. The van der Waals surface area contributed by atoms with Crippen LogP contribution in [0, 0.1) is 6.92 Å². The van der Waals surface area contributed by atoms with E-state index < -0.39 is 0 Å². The Morgan fingerprint density at radius 2 is 1.88 bits per heavy atom. The van der Waals surface area contributed by atoms with Gasteiger partial charge < -0.3 is 15.4 Å². The van der Waals surface area contributed by atoms with Crippen molar-refractivity contribution in [1.82, 2.24) is 29.7 Å². The van der Waals surface area contributed by atoms with Crippen LogP contribution in [-0.4, -0.2) is 62.1 Å². The lowest BCUT2D eigenvalue weighted by atomic mass is 9.98. The van der Waals surface area contributed by atoms with E-state index >= 15 is 0 Å². The molecule has 33 heavy (non-hydrogen) atoms. The molecule has 6 rings (SSSR count). The molecular weight excluding hydrogens is 416 g/mol. The molecule has 9 heteroatoms. The zero-order chi connectivity index (χ0) is 22.4. The number of hydrogen-bond donors (Lipinski definition) is 1. The summed E-state index contributed by atoms with van der Waals surface area (Å²) in [4.78, 5) is 20.7. The van der Waals surface area contributed by atoms with E-state index in [-0.39, 0.29) is 6.04 Å². The molecule has 0 aliphatic carbocycles. The fraction of sp³-hybridized carbons (Fsp3) is 0.375. The molecule has 4 aromatic rings. The largest absolute Gasteiger partial charge is 0.380 e. The molecule has 0 bridgehead atoms. The van der Waals surface area contributed by atoms with Crippen LogP contribution in [0.5, 0.6) is 0 Å². The van der Waals surface area contributed by atoms with Crippen LogP contribution < -0.4 is 10.6 Å². The molecule has 2 N–H and O–H groups in total. The molecule has 0 amide bonds. The molecular formula is C24H26N8O. The van der Waals surface area contributed by atoms with Crippen LogP contribution in [0.2, 0.25) is 0 Å². The molecule has 2 aliphatic heterocycles. The van der Waals surface area contributed by atoms with Gasteiger partial charge in [-0.2, -0.15) is 5.10 Å². The van der Waals surface area contributed by atoms with Crippen LogP contribution in [0.1, 0.15) is 30.0 Å². The van der Waals surface area contributed by atoms with E-state index in [0.29, 0.717) is 5.92 Å². The smallest absolute Gasteiger partial charge is 0.156 e. The van der Waals surface area contributed by atoms with Gasteiger partial charge in [-0.25, -0.2) is 14.6 Å². The number of ether oxygens (including phenoxy) is 1. The SMILES string of the molecule is Cc1cncc(-c2cc3c(cn2)cnn3-c2cc(C3COC3)cc(N3CCC[C@H](N)C3)n2)n1. The third-order valence-electron chi connectivity index (χ3n) is 6.40. The fourth-order valence-corrected chi connectivity index (χ4v) is 4.50. The second-order valence-electron chi connectivity index (χ2n) is 8.93. The van der Waals surface area contributed by atoms with Crippen molar-refractivity contribution < 1.29 is 4.74 Å². The lowest BCUT2D eigenvalue weighted by Gasteiger charge is -2.33. The molecule has 1 atom stereocenters. The number of rotatable bonds is 4. The first-order valence-corrected chi connectivity index (χ1v) is 11.4. The lowest BCUT2D eigenvalue weighted by molar-refractivity contribution is 0.00840. The predicted molar refractivity (Wildman–Crippen MR) is 125 cm³/mol. The minimum atomic E-state index is 0.175. The van der Waals surface area contributed by atoms with Gasteiger partial charge in [-0.1, -0.05) is 0 Å². The van der Waals surface area contributed by atoms with Crippen molar-refractivity contribution in [3.63, 3.8) is 0 Å². The highest BCUT2D eigenvalue weighted by Gasteiger charge is 2.25. The average Bonchev–Trinajstić information content (AvgIpc) is 3.21. The summed E-state index contributed by atoms with van der Waals surface area (Å²) in [6, 6.07) is 6.49. The van der Waals surface area contributed by atoms with Crippen LogP contribution in [0.25, 0.3) is 28.1 Å². The van der Waals surface area contributed by atoms with Gasteiger partial charge in [0.25, 0.3) is 0 Å². The van der Waals surface area contributed by atoms with Crippen molar-refractivity contribution in [2.45, 2.75) is 31.7 Å². The topological polar surface area (TPSA) is 108 Å². The van der Waals surface area contributed by atoms with E-state index in [2.05, 4.69) is 37.1 Å². The number of anilines is 1. The first kappa shape index (κ1) is 20.2. The molecule has 4 aromatic heterocycles. The van der Waals surface area contributed by atoms with Gasteiger partial charge in [0.15, 0.2) is 5.82 Å². The molecule has 2 aliphatic rings. The van der Waals surface area contributed by atoms with E-state index in [0.717, 1.165) is 78.8 Å². The van der Waals surface area contributed by atoms with E-state index in [1.807, 2.05) is 30.1 Å². The van der Waals surface area contributed by atoms with Gasteiger partial charge in [-0.15, -0.1) is 0 Å². The van der Waals surface area contributed by atoms with Gasteiger partial charge in [0.05, 0.1) is 42.5 Å². The van der Waals surface area contributed by atoms with Crippen molar-refractivity contribution in [3.8, 4) is 17.2 Å². The zero-order valence-corrected chi connectivity index (χ0v) is 18.6. The Hall–Kier alpha value is -3.43. The number of piperidine rings is 1. The minimum Gasteiger partial charge on any atom is -0.380 e. The first-order chi connectivity index (χ1) is 16.1. The summed E-state index contributed by atoms with van der Waals surface area (Å²) >= 11 is 0. The van der Waals surface area contributed by atoms with Gasteiger partial charge in [-0.3, -0.25) is 9.97 Å². The van der Waals surface area contributed by atoms with Gasteiger partial charge in [0, 0.05) is 42.8 Å². The van der Waals surface area contributed by atoms with Crippen LogP contribution in [-0.2, 0) is 4.74 Å². The summed E-state index contributed by atoms with van der Waals surface area (Å²) in [7, 11) is 0. The Labute approximate surface area is 191 Å². The summed E-state index contributed by atoms with van der Waals surface area (Å²) in [6.07, 6.45) is 9.25. The van der Waals surface area contributed by atoms with Crippen LogP contribution in [0.4, 0.5) is 5.82 Å². The number of aromatic nitrogens is 6. The standard InChI is InChI=1S/C24H26N8O/c1-15-8-26-11-21(29-15)20-7-22-17(9-27-20)10-28-32(22)24-6-16(18-13-33-14-18)5-23(30-24)31-4-2-3-19(25)12-31/h5-11,18-19H,2-4,12-14,25H2,1H3/t19-/m0/s1. The maximum Gasteiger partial charge on any atom is 0.156 e. The zero-order valence-electron chi connectivity index (χ0n) is 18.6. The number of hydrogen-bond acceptors (Lipinski definition) is 8. The lowest BCUT2D eigenvalue weighted by Crippen LogP contribution is -2.43. The fourth-order valence-electron chi connectivity index (χ4n) is 4.50. The Kier molecular flexibility index (Phi) is 5.00. The van der Waals surface area contributed by atoms with Crippen molar-refractivity contribution in [2.24, 2.45) is 5.73 Å². The third-order valence-corrected chi connectivity index (χ3v) is 6.40. The van der Waals surface area contributed by atoms with E-state index in [9.17, 15) is 0 Å². The summed E-state index contributed by atoms with van der Waals surface area (Å²) in [5.74, 6) is 2.12. The Morgan fingerprint density at radius 1 is 1.00 bits per heavy atom. The van der Waals surface area contributed by atoms with Crippen molar-refractivity contribution >= 4 is 16.7 Å². The van der Waals surface area contributed by atoms with Gasteiger partial charge in [0.2, 0.25) is 0 Å². The second kappa shape index (κ2) is 8.17. The van der Waals surface area contributed by atoms with Crippen LogP contribution in [0.15, 0.2) is 43.0 Å². The van der Waals surface area contributed by atoms with Crippen molar-refractivity contribution in [2.75, 3.05) is 31.2 Å². The van der Waals surface area contributed by atoms with Crippen LogP contribution in [0.3, 0.4) is 0 Å². The average molecular weight is 443 g/mol. The van der Waals surface area contributed by atoms with Crippen molar-refractivity contribution in [1.29, 1.82) is 0 Å². The Balaban J connectivity index is 1.46. The highest BCUT2D eigenvalue weighted by Crippen LogP contribution is 2.31. The van der Waals surface area contributed by atoms with E-state index in [4.69, 9.17) is 15.5 Å². The molecule has 0 spiro atoms. The van der Waals surface area contributed by atoms with E-state index in [1.165, 1.54) is 5.56 Å². The number of nitrogens with zero attached hydrogens (tertiary/aromatic N) is 7. The minimum absolute atomic E-state index is 0.175.